The Bertz CT molecular complexity index is 710. The van der Waals surface area contributed by atoms with E-state index in [9.17, 15) is 0 Å². The Balaban J connectivity index is 1.66. The zero-order valence-corrected chi connectivity index (χ0v) is 15.7. The maximum absolute atomic E-state index is 6.03. The monoisotopic (exact) mass is 339 g/mol. The molecule has 0 aliphatic heterocycles. The largest absolute Gasteiger partial charge is 0.493 e. The third-order valence-corrected chi connectivity index (χ3v) is 4.43. The molecule has 1 aromatic heterocycles. The molecule has 1 aliphatic carbocycles. The van der Waals surface area contributed by atoms with Crippen LogP contribution in [0.5, 0.6) is 5.75 Å². The summed E-state index contributed by atoms with van der Waals surface area (Å²) in [4.78, 5) is 8.95. The van der Waals surface area contributed by atoms with Gasteiger partial charge in [-0.1, -0.05) is 20.8 Å². The summed E-state index contributed by atoms with van der Waals surface area (Å²) in [5, 5.41) is 3.35. The van der Waals surface area contributed by atoms with Crippen molar-refractivity contribution in [3.63, 3.8) is 0 Å². The van der Waals surface area contributed by atoms with Gasteiger partial charge in [0, 0.05) is 17.8 Å². The smallest absolute Gasteiger partial charge is 0.223 e. The zero-order valence-electron chi connectivity index (χ0n) is 15.7. The van der Waals surface area contributed by atoms with E-state index >= 15 is 0 Å². The average molecular weight is 339 g/mol. The van der Waals surface area contributed by atoms with E-state index in [1.807, 2.05) is 12.3 Å². The molecule has 1 aliphatic rings. The van der Waals surface area contributed by atoms with E-state index in [1.165, 1.54) is 19.3 Å². The fraction of sp³-hybridized carbons (Fsp3) is 0.524. The molecule has 0 unspecified atom stereocenters. The average Bonchev–Trinajstić information content (AvgIpc) is 3.37. The molecule has 0 amide bonds. The zero-order chi connectivity index (χ0) is 17.8. The van der Waals surface area contributed by atoms with Crippen molar-refractivity contribution in [2.45, 2.75) is 53.0 Å². The van der Waals surface area contributed by atoms with Gasteiger partial charge < -0.3 is 10.1 Å². The summed E-state index contributed by atoms with van der Waals surface area (Å²) in [6.07, 6.45) is 5.44. The predicted octanol–water partition coefficient (Wildman–Crippen LogP) is 5.09. The van der Waals surface area contributed by atoms with Crippen molar-refractivity contribution < 1.29 is 4.74 Å². The lowest BCUT2D eigenvalue weighted by molar-refractivity contribution is 0.238. The first-order valence-electron chi connectivity index (χ1n) is 9.34. The van der Waals surface area contributed by atoms with Gasteiger partial charge in [0.2, 0.25) is 5.95 Å². The Labute approximate surface area is 151 Å². The molecule has 0 radical (unpaired) electrons. The van der Waals surface area contributed by atoms with Gasteiger partial charge in [-0.2, -0.15) is 0 Å². The van der Waals surface area contributed by atoms with E-state index < -0.39 is 0 Å². The third-order valence-electron chi connectivity index (χ3n) is 4.43. The van der Waals surface area contributed by atoms with Crippen LogP contribution in [0.25, 0.3) is 11.3 Å². The van der Waals surface area contributed by atoms with Crippen LogP contribution in [0.3, 0.4) is 0 Å². The van der Waals surface area contributed by atoms with Crippen molar-refractivity contribution in [1.82, 2.24) is 9.97 Å². The van der Waals surface area contributed by atoms with Crippen molar-refractivity contribution in [2.75, 3.05) is 11.9 Å². The number of aromatic nitrogens is 2. The van der Waals surface area contributed by atoms with Gasteiger partial charge in [-0.25, -0.2) is 9.97 Å². The molecule has 1 heterocycles. The van der Waals surface area contributed by atoms with Crippen molar-refractivity contribution >= 4 is 5.95 Å². The molecule has 4 heteroatoms. The number of aryl methyl sites for hydroxylation is 1. The number of benzene rings is 1. The molecule has 0 bridgehead atoms. The highest BCUT2D eigenvalue weighted by atomic mass is 16.5. The van der Waals surface area contributed by atoms with Crippen LogP contribution < -0.4 is 10.1 Å². The minimum atomic E-state index is 0.556. The second-order valence-electron chi connectivity index (χ2n) is 7.71. The molecular weight excluding hydrogens is 310 g/mol. The molecule has 25 heavy (non-hydrogen) atoms. The predicted molar refractivity (Wildman–Crippen MR) is 103 cm³/mol. The Morgan fingerprint density at radius 2 is 2.00 bits per heavy atom. The van der Waals surface area contributed by atoms with Crippen LogP contribution in [0, 0.1) is 18.8 Å². The topological polar surface area (TPSA) is 47.0 Å². The van der Waals surface area contributed by atoms with Crippen molar-refractivity contribution in [1.29, 1.82) is 0 Å². The summed E-state index contributed by atoms with van der Waals surface area (Å²) in [6, 6.07) is 8.80. The van der Waals surface area contributed by atoms with Gasteiger partial charge in [-0.3, -0.25) is 0 Å². The number of nitrogens with one attached hydrogen (secondary N) is 1. The minimum absolute atomic E-state index is 0.556. The molecule has 4 nitrogen and oxygen atoms in total. The standard InChI is InChI=1S/C21H29N3O/c1-14(2)11-15(3)13-25-20-8-5-17(12-16(20)4)19-9-10-22-21(24-19)23-18-6-7-18/h5,8-10,12,14-15,18H,6-7,11,13H2,1-4H3,(H,22,23,24)/t15-/m1/s1. The van der Waals surface area contributed by atoms with Crippen molar-refractivity contribution in [2.24, 2.45) is 11.8 Å². The molecule has 0 spiro atoms. The molecular formula is C21H29N3O. The van der Waals surface area contributed by atoms with Crippen molar-refractivity contribution in [3.8, 4) is 17.0 Å². The molecule has 1 atom stereocenters. The van der Waals surface area contributed by atoms with Gasteiger partial charge in [0.25, 0.3) is 0 Å². The second kappa shape index (κ2) is 7.85. The lowest BCUT2D eigenvalue weighted by Crippen LogP contribution is -2.11. The SMILES string of the molecule is Cc1cc(-c2ccnc(NC3CC3)n2)ccc1OC[C@H](C)CC(C)C. The number of hydrogen-bond donors (Lipinski definition) is 1. The number of anilines is 1. The van der Waals surface area contributed by atoms with Gasteiger partial charge in [0.05, 0.1) is 12.3 Å². The first kappa shape index (κ1) is 17.7. The lowest BCUT2D eigenvalue weighted by atomic mass is 10.00. The number of hydrogen-bond acceptors (Lipinski definition) is 4. The highest BCUT2D eigenvalue weighted by molar-refractivity contribution is 5.62. The minimum Gasteiger partial charge on any atom is -0.493 e. The number of rotatable bonds is 8. The lowest BCUT2D eigenvalue weighted by Gasteiger charge is -2.16. The van der Waals surface area contributed by atoms with Crippen LogP contribution in [-0.4, -0.2) is 22.6 Å². The van der Waals surface area contributed by atoms with Crippen LogP contribution in [0.2, 0.25) is 0 Å². The van der Waals surface area contributed by atoms with E-state index in [1.54, 1.807) is 0 Å². The van der Waals surface area contributed by atoms with E-state index in [2.05, 4.69) is 61.2 Å². The molecule has 2 aromatic rings. The van der Waals surface area contributed by atoms with Gasteiger partial charge in [-0.05, 0) is 67.9 Å². The van der Waals surface area contributed by atoms with Crippen molar-refractivity contribution in [3.05, 3.63) is 36.0 Å². The van der Waals surface area contributed by atoms with Crippen LogP contribution in [0.4, 0.5) is 5.95 Å². The third kappa shape index (κ3) is 5.18. The summed E-state index contributed by atoms with van der Waals surface area (Å²) < 4.78 is 6.03. The maximum atomic E-state index is 6.03. The summed E-state index contributed by atoms with van der Waals surface area (Å²) in [7, 11) is 0. The van der Waals surface area contributed by atoms with Gasteiger partial charge >= 0.3 is 0 Å². The normalized spacial score (nSPS) is 15.2. The Kier molecular flexibility index (Phi) is 5.57. The van der Waals surface area contributed by atoms with Gasteiger partial charge in [-0.15, -0.1) is 0 Å². The quantitative estimate of drug-likeness (QED) is 0.728. The van der Waals surface area contributed by atoms with Crippen LogP contribution >= 0.6 is 0 Å². The fourth-order valence-electron chi connectivity index (χ4n) is 3.07. The van der Waals surface area contributed by atoms with E-state index in [0.29, 0.717) is 17.9 Å². The Morgan fingerprint density at radius 3 is 2.68 bits per heavy atom. The van der Waals surface area contributed by atoms with Crippen LogP contribution in [0.1, 0.15) is 45.6 Å². The van der Waals surface area contributed by atoms with E-state index in [0.717, 1.165) is 35.1 Å². The first-order chi connectivity index (χ1) is 12.0. The van der Waals surface area contributed by atoms with Crippen LogP contribution in [0.15, 0.2) is 30.5 Å². The fourth-order valence-corrected chi connectivity index (χ4v) is 3.07. The van der Waals surface area contributed by atoms with Crippen LogP contribution in [-0.2, 0) is 0 Å². The highest BCUT2D eigenvalue weighted by Gasteiger charge is 2.21. The molecule has 1 saturated carbocycles. The second-order valence-corrected chi connectivity index (χ2v) is 7.71. The molecule has 1 aromatic carbocycles. The molecule has 3 rings (SSSR count). The molecule has 1 fully saturated rings. The van der Waals surface area contributed by atoms with Gasteiger partial charge in [0.1, 0.15) is 5.75 Å². The maximum Gasteiger partial charge on any atom is 0.223 e. The van der Waals surface area contributed by atoms with E-state index in [-0.39, 0.29) is 0 Å². The highest BCUT2D eigenvalue weighted by Crippen LogP contribution is 2.27. The summed E-state index contributed by atoms with van der Waals surface area (Å²) in [5.41, 5.74) is 3.19. The van der Waals surface area contributed by atoms with Gasteiger partial charge in [0.15, 0.2) is 0 Å². The van der Waals surface area contributed by atoms with E-state index in [4.69, 9.17) is 4.74 Å². The number of nitrogens with zero attached hydrogens (tertiary/aromatic N) is 2. The number of ether oxygens (including phenoxy) is 1. The Hall–Kier alpha value is -2.10. The summed E-state index contributed by atoms with van der Waals surface area (Å²) in [6.45, 7) is 9.62. The molecule has 134 valence electrons. The first-order valence-corrected chi connectivity index (χ1v) is 9.34. The summed E-state index contributed by atoms with van der Waals surface area (Å²) in [5.74, 6) is 2.96. The summed E-state index contributed by atoms with van der Waals surface area (Å²) >= 11 is 0. The molecule has 0 saturated heterocycles. The Morgan fingerprint density at radius 1 is 1.20 bits per heavy atom. The molecule has 1 N–H and O–H groups in total.